The van der Waals surface area contributed by atoms with Crippen molar-refractivity contribution in [2.75, 3.05) is 27.4 Å². The lowest BCUT2D eigenvalue weighted by Gasteiger charge is -2.23. The van der Waals surface area contributed by atoms with Gasteiger partial charge in [0.05, 0.1) is 13.7 Å². The van der Waals surface area contributed by atoms with Gasteiger partial charge in [-0.3, -0.25) is 0 Å². The Bertz CT molecular complexity index is 341. The van der Waals surface area contributed by atoms with Crippen LogP contribution in [0.1, 0.15) is 31.4 Å². The van der Waals surface area contributed by atoms with E-state index >= 15 is 0 Å². The zero-order chi connectivity index (χ0) is 14.1. The zero-order valence-corrected chi connectivity index (χ0v) is 12.2. The summed E-state index contributed by atoms with van der Waals surface area (Å²) in [6.07, 6.45) is 2.04. The van der Waals surface area contributed by atoms with Crippen molar-refractivity contribution >= 4 is 0 Å². The van der Waals surface area contributed by atoms with E-state index in [9.17, 15) is 0 Å². The van der Waals surface area contributed by atoms with E-state index in [4.69, 9.17) is 15.2 Å². The molecule has 1 rings (SSSR count). The Balaban J connectivity index is 2.55. The van der Waals surface area contributed by atoms with Gasteiger partial charge in [0.25, 0.3) is 0 Å². The van der Waals surface area contributed by atoms with Gasteiger partial charge < -0.3 is 20.5 Å². The molecule has 1 unspecified atom stereocenters. The molecular formula is C15H26N2O2. The molecule has 19 heavy (non-hydrogen) atoms. The van der Waals surface area contributed by atoms with E-state index in [0.29, 0.717) is 12.6 Å². The second kappa shape index (κ2) is 8.91. The average Bonchev–Trinajstić information content (AvgIpc) is 2.45. The number of hydrogen-bond acceptors (Lipinski definition) is 4. The Labute approximate surface area is 116 Å². The monoisotopic (exact) mass is 266 g/mol. The van der Waals surface area contributed by atoms with Crippen molar-refractivity contribution in [3.63, 3.8) is 0 Å². The number of nitrogens with one attached hydrogen (secondary N) is 1. The van der Waals surface area contributed by atoms with E-state index in [-0.39, 0.29) is 6.04 Å². The van der Waals surface area contributed by atoms with Crippen LogP contribution in [0.15, 0.2) is 24.3 Å². The summed E-state index contributed by atoms with van der Waals surface area (Å²) in [5.74, 6) is 0.882. The predicted octanol–water partition coefficient (Wildman–Crippen LogP) is 2.10. The summed E-state index contributed by atoms with van der Waals surface area (Å²) in [6.45, 7) is 3.59. The molecule has 0 fully saturated rings. The maximum Gasteiger partial charge on any atom is 0.118 e. The highest BCUT2D eigenvalue weighted by molar-refractivity contribution is 5.28. The van der Waals surface area contributed by atoms with Crippen molar-refractivity contribution in [2.45, 2.75) is 31.8 Å². The zero-order valence-electron chi connectivity index (χ0n) is 12.2. The Kier molecular flexibility index (Phi) is 7.48. The van der Waals surface area contributed by atoms with Gasteiger partial charge in [-0.15, -0.1) is 0 Å². The third-order valence-electron chi connectivity index (χ3n) is 3.23. The summed E-state index contributed by atoms with van der Waals surface area (Å²) in [4.78, 5) is 0. The Morgan fingerprint density at radius 3 is 2.42 bits per heavy atom. The molecule has 1 aromatic rings. The summed E-state index contributed by atoms with van der Waals surface area (Å²) in [5.41, 5.74) is 6.81. The number of hydrogen-bond donors (Lipinski definition) is 2. The van der Waals surface area contributed by atoms with Gasteiger partial charge in [0, 0.05) is 19.2 Å². The van der Waals surface area contributed by atoms with Gasteiger partial charge in [0.1, 0.15) is 5.75 Å². The molecule has 3 N–H and O–H groups in total. The second-order valence-corrected chi connectivity index (χ2v) is 4.74. The van der Waals surface area contributed by atoms with E-state index in [0.717, 1.165) is 25.1 Å². The third-order valence-corrected chi connectivity index (χ3v) is 3.23. The maximum absolute atomic E-state index is 5.56. The summed E-state index contributed by atoms with van der Waals surface area (Å²) >= 11 is 0. The maximum atomic E-state index is 5.56. The van der Waals surface area contributed by atoms with Crippen LogP contribution in [0.4, 0.5) is 0 Å². The van der Waals surface area contributed by atoms with Gasteiger partial charge in [-0.25, -0.2) is 0 Å². The molecule has 0 aliphatic carbocycles. The largest absolute Gasteiger partial charge is 0.497 e. The molecule has 2 atom stereocenters. The van der Waals surface area contributed by atoms with E-state index in [1.165, 1.54) is 5.56 Å². The minimum absolute atomic E-state index is 0.281. The van der Waals surface area contributed by atoms with Crippen LogP contribution in [0.2, 0.25) is 0 Å². The first-order valence-electron chi connectivity index (χ1n) is 6.80. The number of methoxy groups -OCH3 is 2. The third kappa shape index (κ3) is 5.59. The number of nitrogens with two attached hydrogens (primary N) is 1. The Morgan fingerprint density at radius 1 is 1.21 bits per heavy atom. The van der Waals surface area contributed by atoms with Crippen LogP contribution < -0.4 is 15.8 Å². The van der Waals surface area contributed by atoms with Gasteiger partial charge in [-0.05, 0) is 44.0 Å². The van der Waals surface area contributed by atoms with Gasteiger partial charge >= 0.3 is 0 Å². The van der Waals surface area contributed by atoms with E-state index in [2.05, 4.69) is 24.4 Å². The highest BCUT2D eigenvalue weighted by Crippen LogP contribution is 2.18. The molecule has 0 saturated carbocycles. The Morgan fingerprint density at radius 2 is 1.89 bits per heavy atom. The lowest BCUT2D eigenvalue weighted by atomic mass is 10.1. The fourth-order valence-corrected chi connectivity index (χ4v) is 2.12. The molecule has 4 nitrogen and oxygen atoms in total. The minimum Gasteiger partial charge on any atom is -0.497 e. The molecule has 0 amide bonds. The molecule has 1 aromatic carbocycles. The molecule has 0 aromatic heterocycles. The van der Waals surface area contributed by atoms with Crippen molar-refractivity contribution in [3.8, 4) is 5.75 Å². The standard InChI is InChI=1S/C15H26N2O2/c1-12(13-6-8-15(19-3)9-7-13)17-14(11-18-2)5-4-10-16/h6-9,12,14,17H,4-5,10-11,16H2,1-3H3/t12-,14?/m0/s1. The van der Waals surface area contributed by atoms with Crippen LogP contribution in [0.25, 0.3) is 0 Å². The summed E-state index contributed by atoms with van der Waals surface area (Å²) < 4.78 is 10.4. The SMILES string of the molecule is COCC(CCCN)N[C@@H](C)c1ccc(OC)cc1. The predicted molar refractivity (Wildman–Crippen MR) is 78.5 cm³/mol. The molecule has 0 bridgehead atoms. The van der Waals surface area contributed by atoms with Crippen LogP contribution in [-0.4, -0.2) is 33.4 Å². The van der Waals surface area contributed by atoms with Crippen LogP contribution >= 0.6 is 0 Å². The normalized spacial score (nSPS) is 14.1. The van der Waals surface area contributed by atoms with E-state index in [1.54, 1.807) is 14.2 Å². The topological polar surface area (TPSA) is 56.5 Å². The van der Waals surface area contributed by atoms with Crippen molar-refractivity contribution in [1.29, 1.82) is 0 Å². The van der Waals surface area contributed by atoms with Crippen molar-refractivity contribution < 1.29 is 9.47 Å². The fraction of sp³-hybridized carbons (Fsp3) is 0.600. The van der Waals surface area contributed by atoms with Crippen LogP contribution in [0, 0.1) is 0 Å². The van der Waals surface area contributed by atoms with Crippen molar-refractivity contribution in [3.05, 3.63) is 29.8 Å². The highest BCUT2D eigenvalue weighted by atomic mass is 16.5. The average molecular weight is 266 g/mol. The van der Waals surface area contributed by atoms with Gasteiger partial charge in [0.15, 0.2) is 0 Å². The smallest absolute Gasteiger partial charge is 0.118 e. The first-order chi connectivity index (χ1) is 9.21. The van der Waals surface area contributed by atoms with Crippen LogP contribution in [0.3, 0.4) is 0 Å². The summed E-state index contributed by atoms with van der Waals surface area (Å²) in [7, 11) is 3.41. The molecule has 108 valence electrons. The lowest BCUT2D eigenvalue weighted by molar-refractivity contribution is 0.156. The minimum atomic E-state index is 0.281. The van der Waals surface area contributed by atoms with Gasteiger partial charge in [-0.1, -0.05) is 12.1 Å². The summed E-state index contributed by atoms with van der Waals surface area (Å²) in [6, 6.07) is 8.76. The molecule has 0 aliphatic heterocycles. The number of rotatable bonds is 9. The molecule has 0 aliphatic rings. The van der Waals surface area contributed by atoms with E-state index in [1.807, 2.05) is 12.1 Å². The highest BCUT2D eigenvalue weighted by Gasteiger charge is 2.13. The lowest BCUT2D eigenvalue weighted by Crippen LogP contribution is -2.35. The van der Waals surface area contributed by atoms with Crippen LogP contribution in [-0.2, 0) is 4.74 Å². The summed E-state index contributed by atoms with van der Waals surface area (Å²) in [5, 5.41) is 3.59. The molecule has 0 spiro atoms. The van der Waals surface area contributed by atoms with Crippen molar-refractivity contribution in [2.24, 2.45) is 5.73 Å². The first-order valence-corrected chi connectivity index (χ1v) is 6.80. The van der Waals surface area contributed by atoms with Crippen LogP contribution in [0.5, 0.6) is 5.75 Å². The molecule has 4 heteroatoms. The molecule has 0 heterocycles. The molecular weight excluding hydrogens is 240 g/mol. The molecule has 0 saturated heterocycles. The first kappa shape index (κ1) is 16.0. The number of benzene rings is 1. The number of ether oxygens (including phenoxy) is 2. The Hall–Kier alpha value is -1.10. The van der Waals surface area contributed by atoms with Gasteiger partial charge in [0.2, 0.25) is 0 Å². The van der Waals surface area contributed by atoms with E-state index < -0.39 is 0 Å². The van der Waals surface area contributed by atoms with Crippen molar-refractivity contribution in [1.82, 2.24) is 5.32 Å². The van der Waals surface area contributed by atoms with Gasteiger partial charge in [-0.2, -0.15) is 0 Å². The second-order valence-electron chi connectivity index (χ2n) is 4.74. The quantitative estimate of drug-likeness (QED) is 0.718. The fourth-order valence-electron chi connectivity index (χ4n) is 2.12. The molecule has 0 radical (unpaired) electrons.